The summed E-state index contributed by atoms with van der Waals surface area (Å²) < 4.78 is 0. The van der Waals surface area contributed by atoms with Crippen LogP contribution >= 0.6 is 0 Å². The molecule has 1 saturated carbocycles. The first-order valence-electron chi connectivity index (χ1n) is 7.46. The number of aliphatic hydroxyl groups is 2. The number of hydrogen-bond donors (Lipinski definition) is 3. The lowest BCUT2D eigenvalue weighted by Crippen LogP contribution is -2.50. The van der Waals surface area contributed by atoms with Crippen LogP contribution in [0.25, 0.3) is 0 Å². The maximum atomic E-state index is 12.2. The van der Waals surface area contributed by atoms with Crippen molar-refractivity contribution in [2.24, 2.45) is 17.8 Å². The lowest BCUT2D eigenvalue weighted by atomic mass is 9.69. The van der Waals surface area contributed by atoms with Crippen molar-refractivity contribution >= 4 is 17.6 Å². The van der Waals surface area contributed by atoms with Crippen molar-refractivity contribution in [2.45, 2.75) is 57.7 Å². The molecule has 0 aromatic heterocycles. The number of hydrogen-bond acceptors (Lipinski definition) is 5. The molecule has 0 unspecified atom stereocenters. The van der Waals surface area contributed by atoms with Gasteiger partial charge < -0.3 is 10.2 Å². The van der Waals surface area contributed by atoms with Crippen LogP contribution in [0.4, 0.5) is 0 Å². The quantitative estimate of drug-likeness (QED) is 0.644. The molecule has 6 nitrogen and oxygen atoms in total. The molecule has 2 amide bonds. The fourth-order valence-corrected chi connectivity index (χ4v) is 3.66. The Hall–Kier alpha value is -1.27. The van der Waals surface area contributed by atoms with Gasteiger partial charge in [-0.25, -0.2) is 0 Å². The van der Waals surface area contributed by atoms with Gasteiger partial charge in [0.05, 0.1) is 6.10 Å². The van der Waals surface area contributed by atoms with E-state index in [9.17, 15) is 24.6 Å². The third-order valence-electron chi connectivity index (χ3n) is 4.54. The summed E-state index contributed by atoms with van der Waals surface area (Å²) in [6, 6.07) is 0. The Labute approximate surface area is 123 Å². The number of amides is 2. The van der Waals surface area contributed by atoms with Gasteiger partial charge in [0, 0.05) is 18.8 Å². The normalized spacial score (nSPS) is 36.5. The van der Waals surface area contributed by atoms with Crippen molar-refractivity contribution < 1.29 is 24.6 Å². The second kappa shape index (κ2) is 5.85. The third-order valence-corrected chi connectivity index (χ3v) is 4.54. The number of ketones is 1. The summed E-state index contributed by atoms with van der Waals surface area (Å²) >= 11 is 0. The summed E-state index contributed by atoms with van der Waals surface area (Å²) in [7, 11) is 0. The van der Waals surface area contributed by atoms with Crippen molar-refractivity contribution in [2.75, 3.05) is 0 Å². The molecular weight excluding hydrogens is 274 g/mol. The highest BCUT2D eigenvalue weighted by atomic mass is 16.3. The molecular formula is C15H23NO5. The first-order valence-corrected chi connectivity index (χ1v) is 7.46. The molecule has 0 aromatic carbocycles. The lowest BCUT2D eigenvalue weighted by molar-refractivity contribution is -0.152. The molecule has 0 radical (unpaired) electrons. The Morgan fingerprint density at radius 1 is 1.29 bits per heavy atom. The maximum Gasteiger partial charge on any atom is 0.226 e. The van der Waals surface area contributed by atoms with E-state index in [0.29, 0.717) is 12.8 Å². The highest BCUT2D eigenvalue weighted by Crippen LogP contribution is 2.36. The molecule has 6 heteroatoms. The predicted molar refractivity (Wildman–Crippen MR) is 74.0 cm³/mol. The Bertz CT molecular complexity index is 443. The highest BCUT2D eigenvalue weighted by Gasteiger charge is 2.45. The Morgan fingerprint density at radius 2 is 1.86 bits per heavy atom. The first kappa shape index (κ1) is 16.1. The number of imide groups is 1. The van der Waals surface area contributed by atoms with Gasteiger partial charge in [0.1, 0.15) is 5.60 Å². The zero-order valence-electron chi connectivity index (χ0n) is 12.5. The maximum absolute atomic E-state index is 12.2. The Morgan fingerprint density at radius 3 is 2.43 bits per heavy atom. The molecule has 4 atom stereocenters. The van der Waals surface area contributed by atoms with E-state index in [2.05, 4.69) is 5.32 Å². The number of piperidine rings is 1. The summed E-state index contributed by atoms with van der Waals surface area (Å²) in [6.45, 7) is 3.43. The smallest absolute Gasteiger partial charge is 0.226 e. The average Bonchev–Trinajstić information content (AvgIpc) is 2.31. The van der Waals surface area contributed by atoms with E-state index in [1.165, 1.54) is 6.92 Å². The molecule has 118 valence electrons. The van der Waals surface area contributed by atoms with E-state index in [0.717, 1.165) is 0 Å². The third kappa shape index (κ3) is 3.68. The Balaban J connectivity index is 2.02. The van der Waals surface area contributed by atoms with Crippen LogP contribution in [0.1, 0.15) is 46.0 Å². The zero-order chi connectivity index (χ0) is 15.8. The minimum atomic E-state index is -1.40. The minimum absolute atomic E-state index is 0.147. The van der Waals surface area contributed by atoms with Crippen LogP contribution in [-0.4, -0.2) is 39.5 Å². The van der Waals surface area contributed by atoms with Gasteiger partial charge in [0.15, 0.2) is 5.78 Å². The van der Waals surface area contributed by atoms with Gasteiger partial charge in [-0.05, 0) is 38.0 Å². The monoisotopic (exact) mass is 297 g/mol. The molecule has 1 saturated heterocycles. The second-order valence-corrected chi connectivity index (χ2v) is 6.84. The first-order chi connectivity index (χ1) is 9.69. The molecule has 2 fully saturated rings. The number of carbonyl (C=O) groups excluding carboxylic acids is 3. The fourth-order valence-electron chi connectivity index (χ4n) is 3.66. The van der Waals surface area contributed by atoms with Gasteiger partial charge >= 0.3 is 0 Å². The van der Waals surface area contributed by atoms with Crippen LogP contribution in [0.3, 0.4) is 0 Å². The summed E-state index contributed by atoms with van der Waals surface area (Å²) in [5.41, 5.74) is -1.40. The van der Waals surface area contributed by atoms with E-state index in [1.54, 1.807) is 0 Å². The minimum Gasteiger partial charge on any atom is -0.392 e. The predicted octanol–water partition coefficient (Wildman–Crippen LogP) is 0.156. The van der Waals surface area contributed by atoms with Crippen LogP contribution in [-0.2, 0) is 14.4 Å². The average molecular weight is 297 g/mol. The molecule has 0 bridgehead atoms. The number of rotatable bonds is 3. The summed E-state index contributed by atoms with van der Waals surface area (Å²) in [5.74, 6) is -1.72. The van der Waals surface area contributed by atoms with Crippen molar-refractivity contribution in [3.8, 4) is 0 Å². The number of nitrogens with one attached hydrogen (secondary N) is 1. The van der Waals surface area contributed by atoms with Crippen LogP contribution in [0.15, 0.2) is 0 Å². The summed E-state index contributed by atoms with van der Waals surface area (Å²) in [6.07, 6.45) is 0.627. The van der Waals surface area contributed by atoms with Gasteiger partial charge in [0.2, 0.25) is 11.8 Å². The zero-order valence-corrected chi connectivity index (χ0v) is 12.5. The van der Waals surface area contributed by atoms with Crippen molar-refractivity contribution in [3.05, 3.63) is 0 Å². The lowest BCUT2D eigenvalue weighted by Gasteiger charge is -2.39. The van der Waals surface area contributed by atoms with Gasteiger partial charge in [-0.3, -0.25) is 19.7 Å². The number of carbonyl (C=O) groups is 3. The standard InChI is InChI=1S/C15H23NO5/c1-8-3-10(14(20)15(2,21)7-8)11(17)4-9-5-12(18)16-13(19)6-9/h8-11,17,21H,3-7H2,1-2H3,(H,16,18,19)/t8-,10+,11+,15-/m0/s1. The summed E-state index contributed by atoms with van der Waals surface area (Å²) in [5, 5.41) is 22.7. The topological polar surface area (TPSA) is 104 Å². The molecule has 2 rings (SSSR count). The van der Waals surface area contributed by atoms with Gasteiger partial charge in [-0.2, -0.15) is 0 Å². The molecule has 1 aliphatic heterocycles. The van der Waals surface area contributed by atoms with E-state index < -0.39 is 17.6 Å². The number of Topliss-reactive ketones (excluding diaryl/α,β-unsaturated/α-hetero) is 1. The fraction of sp³-hybridized carbons (Fsp3) is 0.800. The second-order valence-electron chi connectivity index (χ2n) is 6.84. The molecule has 1 heterocycles. The van der Waals surface area contributed by atoms with E-state index in [4.69, 9.17) is 0 Å². The van der Waals surface area contributed by atoms with Crippen LogP contribution in [0.2, 0.25) is 0 Å². The largest absolute Gasteiger partial charge is 0.392 e. The molecule has 3 N–H and O–H groups in total. The van der Waals surface area contributed by atoms with Gasteiger partial charge in [-0.1, -0.05) is 6.92 Å². The van der Waals surface area contributed by atoms with Crippen LogP contribution in [0.5, 0.6) is 0 Å². The van der Waals surface area contributed by atoms with Crippen molar-refractivity contribution in [1.82, 2.24) is 5.32 Å². The highest BCUT2D eigenvalue weighted by molar-refractivity contribution is 5.97. The van der Waals surface area contributed by atoms with Crippen molar-refractivity contribution in [1.29, 1.82) is 0 Å². The SMILES string of the molecule is C[C@H]1C[C@H]([C@H](O)CC2CC(=O)NC(=O)C2)C(=O)[C@@](C)(O)C1. The van der Waals surface area contributed by atoms with E-state index in [-0.39, 0.29) is 48.7 Å². The number of aliphatic hydroxyl groups excluding tert-OH is 1. The van der Waals surface area contributed by atoms with Crippen LogP contribution in [0, 0.1) is 17.8 Å². The molecule has 21 heavy (non-hydrogen) atoms. The van der Waals surface area contributed by atoms with E-state index in [1.807, 2.05) is 6.92 Å². The van der Waals surface area contributed by atoms with Gasteiger partial charge in [-0.15, -0.1) is 0 Å². The molecule has 0 aromatic rings. The van der Waals surface area contributed by atoms with Crippen LogP contribution < -0.4 is 5.32 Å². The van der Waals surface area contributed by atoms with Gasteiger partial charge in [0.25, 0.3) is 0 Å². The van der Waals surface area contributed by atoms with Crippen molar-refractivity contribution in [3.63, 3.8) is 0 Å². The molecule has 0 spiro atoms. The molecule has 1 aliphatic carbocycles. The Kier molecular flexibility index (Phi) is 4.49. The van der Waals surface area contributed by atoms with E-state index >= 15 is 0 Å². The summed E-state index contributed by atoms with van der Waals surface area (Å²) in [4.78, 5) is 34.9. The molecule has 2 aliphatic rings.